The zero-order valence-electron chi connectivity index (χ0n) is 15.0. The van der Waals surface area contributed by atoms with Gasteiger partial charge in [0.05, 0.1) is 5.54 Å². The minimum absolute atomic E-state index is 0.0440. The fourth-order valence-electron chi connectivity index (χ4n) is 3.84. The number of hydrogen-bond acceptors (Lipinski definition) is 3. The topological polar surface area (TPSA) is 55.7 Å². The van der Waals surface area contributed by atoms with Crippen molar-refractivity contribution in [1.29, 1.82) is 0 Å². The number of phenols is 2. The van der Waals surface area contributed by atoms with Crippen molar-refractivity contribution in [2.45, 2.75) is 45.2 Å². The molecule has 0 saturated carbocycles. The van der Waals surface area contributed by atoms with Crippen molar-refractivity contribution < 1.29 is 10.2 Å². The van der Waals surface area contributed by atoms with Crippen LogP contribution in [0, 0.1) is 6.92 Å². The highest BCUT2D eigenvalue weighted by atomic mass is 32.1. The van der Waals surface area contributed by atoms with Gasteiger partial charge in [-0.05, 0) is 70.6 Å². The van der Waals surface area contributed by atoms with Crippen LogP contribution in [0.3, 0.4) is 0 Å². The molecule has 0 aliphatic carbocycles. The molecule has 4 nitrogen and oxygen atoms in total. The summed E-state index contributed by atoms with van der Waals surface area (Å²) in [4.78, 5) is 2.05. The smallest absolute Gasteiger partial charge is 0.174 e. The predicted octanol–water partition coefficient (Wildman–Crippen LogP) is 4.18. The van der Waals surface area contributed by atoms with Crippen LogP contribution in [-0.2, 0) is 5.54 Å². The van der Waals surface area contributed by atoms with Gasteiger partial charge < -0.3 is 20.4 Å². The van der Waals surface area contributed by atoms with Gasteiger partial charge >= 0.3 is 0 Å². The summed E-state index contributed by atoms with van der Waals surface area (Å²) < 4.78 is 0. The summed E-state index contributed by atoms with van der Waals surface area (Å²) in [6, 6.07) is 12.9. The molecule has 0 spiro atoms. The summed E-state index contributed by atoms with van der Waals surface area (Å²) in [7, 11) is 0. The van der Waals surface area contributed by atoms with Crippen LogP contribution in [0.2, 0.25) is 0 Å². The third kappa shape index (κ3) is 3.16. The maximum absolute atomic E-state index is 10.5. The number of phenolic OH excluding ortho intramolecular Hbond substituents is 2. The lowest BCUT2D eigenvalue weighted by Crippen LogP contribution is -2.65. The number of rotatable bonds is 2. The molecule has 1 aliphatic rings. The number of benzene rings is 2. The molecule has 0 amide bonds. The van der Waals surface area contributed by atoms with Gasteiger partial charge in [-0.25, -0.2) is 0 Å². The van der Waals surface area contributed by atoms with E-state index in [1.165, 1.54) is 11.6 Å². The van der Waals surface area contributed by atoms with Gasteiger partial charge in [-0.3, -0.25) is 0 Å². The van der Waals surface area contributed by atoms with Gasteiger partial charge in [0.2, 0.25) is 0 Å². The number of hydrogen-bond donors (Lipinski definition) is 3. The van der Waals surface area contributed by atoms with Crippen molar-refractivity contribution in [3.05, 3.63) is 53.6 Å². The second kappa shape index (κ2) is 5.92. The molecule has 2 aromatic rings. The number of thiocarbonyl (C=S) groups is 1. The van der Waals surface area contributed by atoms with Crippen molar-refractivity contribution in [3.8, 4) is 11.5 Å². The zero-order chi connectivity index (χ0) is 18.4. The van der Waals surface area contributed by atoms with Crippen LogP contribution in [0.4, 0.5) is 5.69 Å². The van der Waals surface area contributed by atoms with E-state index in [9.17, 15) is 10.2 Å². The molecule has 0 unspecified atom stereocenters. The lowest BCUT2D eigenvalue weighted by Gasteiger charge is -2.53. The SMILES string of the molecule is Cc1ccc(N2C(=S)NC(C)(C)C[C@@]2(C)c2ccc(O)cc2O)cc1. The van der Waals surface area contributed by atoms with E-state index >= 15 is 0 Å². The van der Waals surface area contributed by atoms with E-state index < -0.39 is 5.54 Å². The number of aromatic hydroxyl groups is 2. The standard InChI is InChI=1S/C20H24N2O2S/c1-13-5-7-14(8-6-13)22-18(25)21-19(2,3)12-20(22,4)16-10-9-15(23)11-17(16)24/h5-11,23-24H,12H2,1-4H3,(H,21,25)/t20-/m0/s1. The average molecular weight is 356 g/mol. The second-order valence-corrected chi connectivity index (χ2v) is 8.02. The van der Waals surface area contributed by atoms with E-state index in [1.54, 1.807) is 12.1 Å². The molecular formula is C20H24N2O2S. The van der Waals surface area contributed by atoms with Crippen molar-refractivity contribution in [1.82, 2.24) is 5.32 Å². The number of aryl methyl sites for hydroxylation is 1. The van der Waals surface area contributed by atoms with E-state index in [1.807, 2.05) is 19.1 Å². The van der Waals surface area contributed by atoms with E-state index in [4.69, 9.17) is 12.2 Å². The van der Waals surface area contributed by atoms with Gasteiger partial charge in [-0.15, -0.1) is 0 Å². The highest BCUT2D eigenvalue weighted by Crippen LogP contribution is 2.45. The zero-order valence-corrected chi connectivity index (χ0v) is 15.8. The van der Waals surface area contributed by atoms with E-state index in [2.05, 4.69) is 43.1 Å². The molecule has 5 heteroatoms. The Morgan fingerprint density at radius 3 is 2.28 bits per heavy atom. The number of anilines is 1. The summed E-state index contributed by atoms with van der Waals surface area (Å²) in [5.74, 6) is 0.114. The second-order valence-electron chi connectivity index (χ2n) is 7.64. The van der Waals surface area contributed by atoms with Gasteiger partial charge in [0.25, 0.3) is 0 Å². The van der Waals surface area contributed by atoms with Gasteiger partial charge in [-0.2, -0.15) is 0 Å². The Kier molecular flexibility index (Phi) is 4.15. The first-order chi connectivity index (χ1) is 11.6. The molecule has 25 heavy (non-hydrogen) atoms. The van der Waals surface area contributed by atoms with Crippen LogP contribution in [-0.4, -0.2) is 20.9 Å². The Hall–Kier alpha value is -2.27. The van der Waals surface area contributed by atoms with Crippen LogP contribution >= 0.6 is 12.2 Å². The normalized spacial score (nSPS) is 22.6. The molecule has 3 rings (SSSR count). The molecule has 1 saturated heterocycles. The van der Waals surface area contributed by atoms with Gasteiger partial charge in [0.15, 0.2) is 5.11 Å². The van der Waals surface area contributed by atoms with E-state index in [0.29, 0.717) is 5.11 Å². The Morgan fingerprint density at radius 2 is 1.68 bits per heavy atom. The largest absolute Gasteiger partial charge is 0.508 e. The summed E-state index contributed by atoms with van der Waals surface area (Å²) in [5, 5.41) is 24.2. The molecular weight excluding hydrogens is 332 g/mol. The molecule has 0 bridgehead atoms. The van der Waals surface area contributed by atoms with Gasteiger partial charge in [-0.1, -0.05) is 17.7 Å². The molecule has 1 fully saturated rings. The quantitative estimate of drug-likeness (QED) is 0.705. The predicted molar refractivity (Wildman–Crippen MR) is 105 cm³/mol. The number of nitrogens with zero attached hydrogens (tertiary/aromatic N) is 1. The van der Waals surface area contributed by atoms with Crippen molar-refractivity contribution in [2.75, 3.05) is 4.90 Å². The summed E-state index contributed by atoms with van der Waals surface area (Å²) in [6.07, 6.45) is 0.729. The van der Waals surface area contributed by atoms with Crippen LogP contribution in [0.15, 0.2) is 42.5 Å². The highest BCUT2D eigenvalue weighted by molar-refractivity contribution is 7.80. The Labute approximate surface area is 154 Å². The minimum Gasteiger partial charge on any atom is -0.508 e. The monoisotopic (exact) mass is 356 g/mol. The molecule has 1 atom stereocenters. The Bertz CT molecular complexity index is 817. The van der Waals surface area contributed by atoms with Gasteiger partial charge in [0.1, 0.15) is 11.5 Å². The first-order valence-electron chi connectivity index (χ1n) is 8.34. The molecule has 0 radical (unpaired) electrons. The molecule has 3 N–H and O–H groups in total. The number of nitrogens with one attached hydrogen (secondary N) is 1. The maximum Gasteiger partial charge on any atom is 0.174 e. The third-order valence-electron chi connectivity index (χ3n) is 4.78. The Balaban J connectivity index is 2.19. The Morgan fingerprint density at radius 1 is 1.04 bits per heavy atom. The summed E-state index contributed by atoms with van der Waals surface area (Å²) in [6.45, 7) is 8.32. The van der Waals surface area contributed by atoms with Crippen molar-refractivity contribution in [3.63, 3.8) is 0 Å². The summed E-state index contributed by atoms with van der Waals surface area (Å²) in [5.41, 5.74) is 2.10. The van der Waals surface area contributed by atoms with Crippen LogP contribution in [0.25, 0.3) is 0 Å². The van der Waals surface area contributed by atoms with Crippen LogP contribution < -0.4 is 10.2 Å². The van der Waals surface area contributed by atoms with E-state index in [0.717, 1.165) is 17.7 Å². The van der Waals surface area contributed by atoms with Crippen LogP contribution in [0.5, 0.6) is 11.5 Å². The van der Waals surface area contributed by atoms with E-state index in [-0.39, 0.29) is 17.0 Å². The molecule has 132 valence electrons. The summed E-state index contributed by atoms with van der Waals surface area (Å²) >= 11 is 5.69. The lowest BCUT2D eigenvalue weighted by atomic mass is 9.76. The fourth-order valence-corrected chi connectivity index (χ4v) is 4.42. The first-order valence-corrected chi connectivity index (χ1v) is 8.75. The molecule has 2 aromatic carbocycles. The average Bonchev–Trinajstić information content (AvgIpc) is 2.47. The van der Waals surface area contributed by atoms with Crippen LogP contribution in [0.1, 0.15) is 38.3 Å². The molecule has 0 aromatic heterocycles. The molecule has 1 aliphatic heterocycles. The molecule has 1 heterocycles. The highest BCUT2D eigenvalue weighted by Gasteiger charge is 2.47. The fraction of sp³-hybridized carbons (Fsp3) is 0.350. The lowest BCUT2D eigenvalue weighted by molar-refractivity contribution is 0.275. The minimum atomic E-state index is -0.557. The van der Waals surface area contributed by atoms with Crippen molar-refractivity contribution >= 4 is 23.0 Å². The van der Waals surface area contributed by atoms with Crippen molar-refractivity contribution in [2.24, 2.45) is 0 Å². The third-order valence-corrected chi connectivity index (χ3v) is 5.07. The maximum atomic E-state index is 10.5. The first kappa shape index (κ1) is 17.5. The van der Waals surface area contributed by atoms with Gasteiger partial charge in [0, 0.05) is 22.9 Å².